The van der Waals surface area contributed by atoms with Gasteiger partial charge in [-0.15, -0.1) is 11.3 Å². The van der Waals surface area contributed by atoms with Crippen LogP contribution < -0.4 is 0 Å². The number of Topliss-reactive ketones (excluding diaryl/α,β-unsaturated/α-hetero) is 1. The van der Waals surface area contributed by atoms with Crippen molar-refractivity contribution in [2.24, 2.45) is 0 Å². The molecule has 1 aliphatic heterocycles. The number of carbonyl (C=O) groups is 1. The molecule has 0 spiro atoms. The topological polar surface area (TPSA) is 23.6 Å². The van der Waals surface area contributed by atoms with Gasteiger partial charge in [-0.05, 0) is 26.1 Å². The highest BCUT2D eigenvalue weighted by Crippen LogP contribution is 2.22. The molecule has 17 heavy (non-hydrogen) atoms. The summed E-state index contributed by atoms with van der Waals surface area (Å²) < 4.78 is 0.681. The van der Waals surface area contributed by atoms with Crippen LogP contribution in [0.15, 0.2) is 12.1 Å². The molecule has 2 rings (SSSR count). The Bertz CT molecular complexity index is 407. The molecule has 0 N–H and O–H groups in total. The van der Waals surface area contributed by atoms with Gasteiger partial charge in [0.25, 0.3) is 0 Å². The summed E-state index contributed by atoms with van der Waals surface area (Å²) in [5.74, 6) is 0.179. The number of halogens is 1. The molecule has 1 fully saturated rings. The van der Waals surface area contributed by atoms with Gasteiger partial charge in [0.05, 0.1) is 15.8 Å². The number of piperazine rings is 1. The van der Waals surface area contributed by atoms with E-state index in [-0.39, 0.29) is 5.78 Å². The number of hydrogen-bond acceptors (Lipinski definition) is 4. The lowest BCUT2D eigenvalue weighted by Crippen LogP contribution is -2.51. The minimum absolute atomic E-state index is 0.179. The quantitative estimate of drug-likeness (QED) is 0.789. The van der Waals surface area contributed by atoms with Crippen molar-refractivity contribution in [2.75, 3.05) is 33.2 Å². The molecule has 1 saturated heterocycles. The number of hydrogen-bond donors (Lipinski definition) is 0. The highest BCUT2D eigenvalue weighted by molar-refractivity contribution is 7.18. The number of thiophene rings is 1. The van der Waals surface area contributed by atoms with E-state index in [1.807, 2.05) is 6.07 Å². The monoisotopic (exact) mass is 272 g/mol. The second-order valence-corrected chi connectivity index (χ2v) is 6.31. The third-order valence-corrected chi connectivity index (χ3v) is 4.53. The van der Waals surface area contributed by atoms with Crippen LogP contribution >= 0.6 is 22.9 Å². The molecule has 0 bridgehead atoms. The molecule has 1 aromatic rings. The smallest absolute Gasteiger partial charge is 0.186 e. The first-order valence-electron chi connectivity index (χ1n) is 5.77. The zero-order chi connectivity index (χ0) is 12.4. The third-order valence-electron chi connectivity index (χ3n) is 3.26. The summed E-state index contributed by atoms with van der Waals surface area (Å²) in [7, 11) is 2.13. The Balaban J connectivity index is 1.91. The Morgan fingerprint density at radius 1 is 1.53 bits per heavy atom. The molecule has 1 atom stereocenters. The zero-order valence-corrected chi connectivity index (χ0v) is 11.7. The van der Waals surface area contributed by atoms with E-state index in [1.54, 1.807) is 6.07 Å². The third kappa shape index (κ3) is 3.28. The van der Waals surface area contributed by atoms with Crippen molar-refractivity contribution in [3.63, 3.8) is 0 Å². The van der Waals surface area contributed by atoms with Gasteiger partial charge in [-0.2, -0.15) is 0 Å². The average molecular weight is 273 g/mol. The molecule has 1 unspecified atom stereocenters. The van der Waals surface area contributed by atoms with E-state index in [4.69, 9.17) is 11.6 Å². The summed E-state index contributed by atoms with van der Waals surface area (Å²) in [6.07, 6.45) is 0. The van der Waals surface area contributed by atoms with Gasteiger partial charge in [-0.1, -0.05) is 11.6 Å². The maximum Gasteiger partial charge on any atom is 0.186 e. The lowest BCUT2D eigenvalue weighted by atomic mass is 10.2. The first-order chi connectivity index (χ1) is 8.06. The van der Waals surface area contributed by atoms with Crippen molar-refractivity contribution in [2.45, 2.75) is 13.0 Å². The van der Waals surface area contributed by atoms with E-state index >= 15 is 0 Å². The molecule has 3 nitrogen and oxygen atoms in total. The van der Waals surface area contributed by atoms with Crippen LogP contribution in [-0.4, -0.2) is 54.9 Å². The van der Waals surface area contributed by atoms with Gasteiger partial charge in [-0.25, -0.2) is 0 Å². The Morgan fingerprint density at radius 2 is 2.29 bits per heavy atom. The summed E-state index contributed by atoms with van der Waals surface area (Å²) in [4.78, 5) is 17.3. The Hall–Kier alpha value is -0.420. The molecule has 2 heterocycles. The predicted octanol–water partition coefficient (Wildman–Crippen LogP) is 2.22. The van der Waals surface area contributed by atoms with E-state index in [0.29, 0.717) is 16.9 Å². The molecule has 1 aliphatic rings. The Kier molecular flexibility index (Phi) is 4.20. The number of nitrogens with zero attached hydrogens (tertiary/aromatic N) is 2. The molecular formula is C12H17ClN2OS. The Labute approximate surface area is 111 Å². The van der Waals surface area contributed by atoms with Gasteiger partial charge in [0.15, 0.2) is 5.78 Å². The molecule has 0 amide bonds. The summed E-state index contributed by atoms with van der Waals surface area (Å²) in [5.41, 5.74) is 0. The van der Waals surface area contributed by atoms with Gasteiger partial charge in [0.1, 0.15) is 0 Å². The maximum atomic E-state index is 12.0. The number of rotatable bonds is 3. The standard InChI is InChI=1S/C12H17ClN2OS/c1-9-7-15(6-5-14(9)2)8-10(16)11-3-4-12(13)17-11/h3-4,9H,5-8H2,1-2H3. The number of carbonyl (C=O) groups excluding carboxylic acids is 1. The highest BCUT2D eigenvalue weighted by atomic mass is 35.5. The van der Waals surface area contributed by atoms with Crippen molar-refractivity contribution in [1.82, 2.24) is 9.80 Å². The lowest BCUT2D eigenvalue weighted by Gasteiger charge is -2.37. The average Bonchev–Trinajstić information content (AvgIpc) is 2.70. The first kappa shape index (κ1) is 13.0. The minimum Gasteiger partial charge on any atom is -0.301 e. The fraction of sp³-hybridized carbons (Fsp3) is 0.583. The molecule has 94 valence electrons. The van der Waals surface area contributed by atoms with Gasteiger partial charge >= 0.3 is 0 Å². The van der Waals surface area contributed by atoms with Crippen molar-refractivity contribution in [3.8, 4) is 0 Å². The summed E-state index contributed by atoms with van der Waals surface area (Å²) in [6, 6.07) is 4.12. The number of likely N-dealkylation sites (N-methyl/N-ethyl adjacent to an activating group) is 1. The van der Waals surface area contributed by atoms with E-state index in [2.05, 4.69) is 23.8 Å². The molecule has 5 heteroatoms. The molecular weight excluding hydrogens is 256 g/mol. The van der Waals surface area contributed by atoms with Gasteiger partial charge in [0, 0.05) is 25.7 Å². The second-order valence-electron chi connectivity index (χ2n) is 4.59. The largest absolute Gasteiger partial charge is 0.301 e. The second kappa shape index (κ2) is 5.48. The summed E-state index contributed by atoms with van der Waals surface area (Å²) in [6.45, 7) is 5.65. The van der Waals surface area contributed by atoms with Crippen LogP contribution in [0.3, 0.4) is 0 Å². The summed E-state index contributed by atoms with van der Waals surface area (Å²) in [5, 5.41) is 0. The van der Waals surface area contributed by atoms with Crippen LogP contribution in [-0.2, 0) is 0 Å². The molecule has 0 saturated carbocycles. The van der Waals surface area contributed by atoms with E-state index in [9.17, 15) is 4.79 Å². The van der Waals surface area contributed by atoms with Crippen molar-refractivity contribution in [3.05, 3.63) is 21.3 Å². The van der Waals surface area contributed by atoms with Crippen LogP contribution in [0.25, 0.3) is 0 Å². The highest BCUT2D eigenvalue weighted by Gasteiger charge is 2.22. The normalized spacial score (nSPS) is 22.9. The Morgan fingerprint density at radius 3 is 2.88 bits per heavy atom. The van der Waals surface area contributed by atoms with Crippen LogP contribution in [0, 0.1) is 0 Å². The van der Waals surface area contributed by atoms with Gasteiger partial charge in [-0.3, -0.25) is 9.69 Å². The molecule has 0 aliphatic carbocycles. The molecule has 0 aromatic carbocycles. The number of ketones is 1. The van der Waals surface area contributed by atoms with Crippen LogP contribution in [0.2, 0.25) is 4.34 Å². The molecule has 1 aromatic heterocycles. The van der Waals surface area contributed by atoms with Crippen molar-refractivity contribution in [1.29, 1.82) is 0 Å². The fourth-order valence-corrected chi connectivity index (χ4v) is 2.99. The van der Waals surface area contributed by atoms with E-state index in [1.165, 1.54) is 11.3 Å². The van der Waals surface area contributed by atoms with Crippen molar-refractivity contribution >= 4 is 28.7 Å². The zero-order valence-electron chi connectivity index (χ0n) is 10.1. The lowest BCUT2D eigenvalue weighted by molar-refractivity contribution is 0.0789. The van der Waals surface area contributed by atoms with Gasteiger partial charge < -0.3 is 4.90 Å². The van der Waals surface area contributed by atoms with E-state index < -0.39 is 0 Å². The fourth-order valence-electron chi connectivity index (χ4n) is 2.01. The van der Waals surface area contributed by atoms with Crippen LogP contribution in [0.4, 0.5) is 0 Å². The SMILES string of the molecule is CC1CN(CC(=O)c2ccc(Cl)s2)CCN1C. The predicted molar refractivity (Wildman–Crippen MR) is 72.2 cm³/mol. The van der Waals surface area contributed by atoms with E-state index in [0.717, 1.165) is 24.5 Å². The maximum absolute atomic E-state index is 12.0. The minimum atomic E-state index is 0.179. The van der Waals surface area contributed by atoms with Gasteiger partial charge in [0.2, 0.25) is 0 Å². The van der Waals surface area contributed by atoms with Crippen LogP contribution in [0.5, 0.6) is 0 Å². The first-order valence-corrected chi connectivity index (χ1v) is 6.97. The van der Waals surface area contributed by atoms with Crippen molar-refractivity contribution < 1.29 is 4.79 Å². The molecule has 0 radical (unpaired) electrons. The summed E-state index contributed by atoms with van der Waals surface area (Å²) >= 11 is 7.20. The van der Waals surface area contributed by atoms with Crippen LogP contribution in [0.1, 0.15) is 16.6 Å².